The van der Waals surface area contributed by atoms with Gasteiger partial charge in [0.15, 0.2) is 5.82 Å². The number of rotatable bonds is 5. The molecule has 2 N–H and O–H groups in total. The van der Waals surface area contributed by atoms with Gasteiger partial charge in [-0.05, 0) is 37.1 Å². The highest BCUT2D eigenvalue weighted by atomic mass is 16.5. The highest BCUT2D eigenvalue weighted by molar-refractivity contribution is 5.99. The zero-order valence-corrected chi connectivity index (χ0v) is 14.1. The molecule has 1 atom stereocenters. The summed E-state index contributed by atoms with van der Waals surface area (Å²) >= 11 is 0. The molecule has 0 aliphatic rings. The van der Waals surface area contributed by atoms with Crippen LogP contribution in [0.5, 0.6) is 0 Å². The first-order chi connectivity index (χ1) is 12.1. The van der Waals surface area contributed by atoms with Crippen LogP contribution < -0.4 is 5.32 Å². The van der Waals surface area contributed by atoms with Crippen LogP contribution in [-0.2, 0) is 0 Å². The van der Waals surface area contributed by atoms with Gasteiger partial charge in [-0.25, -0.2) is 0 Å². The highest BCUT2D eigenvalue weighted by Gasteiger charge is 2.18. The number of nitrogens with zero attached hydrogens (tertiary/aromatic N) is 2. The number of hydrogen-bond acceptors (Lipinski definition) is 5. The third-order valence-corrected chi connectivity index (χ3v) is 3.93. The Bertz CT molecular complexity index is 889. The SMILES string of the molecule is Cc1noc(-c2ccccc2C(=O)NCC(O)c2ccccc2C)n1. The third kappa shape index (κ3) is 3.75. The number of carbonyl (C=O) groups is 1. The second-order valence-corrected chi connectivity index (χ2v) is 5.77. The quantitative estimate of drug-likeness (QED) is 0.747. The fourth-order valence-electron chi connectivity index (χ4n) is 2.63. The molecule has 1 amide bonds. The minimum atomic E-state index is -0.775. The van der Waals surface area contributed by atoms with Crippen LogP contribution in [0.3, 0.4) is 0 Å². The lowest BCUT2D eigenvalue weighted by Gasteiger charge is -2.15. The number of nitrogens with one attached hydrogen (secondary N) is 1. The standard InChI is InChI=1S/C19H19N3O3/c1-12-7-3-4-8-14(12)17(23)11-20-18(24)15-9-5-6-10-16(15)19-21-13(2)22-25-19/h3-10,17,23H,11H2,1-2H3,(H,20,24). The van der Waals surface area contributed by atoms with Crippen molar-refractivity contribution in [1.29, 1.82) is 0 Å². The van der Waals surface area contributed by atoms with E-state index in [1.807, 2.05) is 31.2 Å². The molecule has 0 spiro atoms. The summed E-state index contributed by atoms with van der Waals surface area (Å²) in [6, 6.07) is 14.5. The van der Waals surface area contributed by atoms with Gasteiger partial charge in [0.2, 0.25) is 0 Å². The average molecular weight is 337 g/mol. The van der Waals surface area contributed by atoms with Gasteiger partial charge in [0.05, 0.1) is 17.2 Å². The van der Waals surface area contributed by atoms with Gasteiger partial charge in [-0.2, -0.15) is 4.98 Å². The molecule has 2 aromatic carbocycles. The summed E-state index contributed by atoms with van der Waals surface area (Å²) in [5, 5.41) is 16.9. The van der Waals surface area contributed by atoms with E-state index in [0.29, 0.717) is 22.8 Å². The zero-order valence-electron chi connectivity index (χ0n) is 14.1. The lowest BCUT2D eigenvalue weighted by atomic mass is 10.0. The molecule has 6 nitrogen and oxygen atoms in total. The Labute approximate surface area is 145 Å². The molecular weight excluding hydrogens is 318 g/mol. The van der Waals surface area contributed by atoms with E-state index in [0.717, 1.165) is 11.1 Å². The predicted octanol–water partition coefficient (Wildman–Crippen LogP) is 2.82. The number of aliphatic hydroxyl groups is 1. The fourth-order valence-corrected chi connectivity index (χ4v) is 2.63. The van der Waals surface area contributed by atoms with Gasteiger partial charge < -0.3 is 14.9 Å². The van der Waals surface area contributed by atoms with Crippen LogP contribution in [0.2, 0.25) is 0 Å². The number of amides is 1. The summed E-state index contributed by atoms with van der Waals surface area (Å²) in [4.78, 5) is 16.7. The lowest BCUT2D eigenvalue weighted by molar-refractivity contribution is 0.0916. The maximum absolute atomic E-state index is 12.6. The third-order valence-electron chi connectivity index (χ3n) is 3.93. The van der Waals surface area contributed by atoms with E-state index in [1.54, 1.807) is 31.2 Å². The van der Waals surface area contributed by atoms with Crippen LogP contribution in [0, 0.1) is 13.8 Å². The number of benzene rings is 2. The monoisotopic (exact) mass is 337 g/mol. The van der Waals surface area contributed by atoms with Gasteiger partial charge in [0.1, 0.15) is 0 Å². The molecule has 25 heavy (non-hydrogen) atoms. The van der Waals surface area contributed by atoms with E-state index >= 15 is 0 Å². The van der Waals surface area contributed by atoms with E-state index in [1.165, 1.54) is 0 Å². The summed E-state index contributed by atoms with van der Waals surface area (Å²) in [7, 11) is 0. The molecule has 1 heterocycles. The van der Waals surface area contributed by atoms with Gasteiger partial charge >= 0.3 is 0 Å². The van der Waals surface area contributed by atoms with E-state index < -0.39 is 6.10 Å². The molecule has 0 bridgehead atoms. The average Bonchev–Trinajstić information content (AvgIpc) is 3.06. The van der Waals surface area contributed by atoms with Crippen molar-refractivity contribution in [2.24, 2.45) is 0 Å². The maximum atomic E-state index is 12.6. The first kappa shape index (κ1) is 16.9. The van der Waals surface area contributed by atoms with E-state index in [4.69, 9.17) is 4.52 Å². The Hall–Kier alpha value is -2.99. The molecule has 0 saturated heterocycles. The molecule has 1 unspecified atom stereocenters. The van der Waals surface area contributed by atoms with Crippen molar-refractivity contribution < 1.29 is 14.4 Å². The molecule has 0 radical (unpaired) electrons. The first-order valence-corrected chi connectivity index (χ1v) is 7.98. The lowest BCUT2D eigenvalue weighted by Crippen LogP contribution is -2.29. The molecule has 3 rings (SSSR count). The number of aliphatic hydroxyl groups excluding tert-OH is 1. The second kappa shape index (κ2) is 7.27. The highest BCUT2D eigenvalue weighted by Crippen LogP contribution is 2.22. The van der Waals surface area contributed by atoms with Crippen molar-refractivity contribution in [3.63, 3.8) is 0 Å². The molecule has 128 valence electrons. The van der Waals surface area contributed by atoms with Crippen molar-refractivity contribution in [1.82, 2.24) is 15.5 Å². The molecule has 0 aliphatic carbocycles. The second-order valence-electron chi connectivity index (χ2n) is 5.77. The minimum absolute atomic E-state index is 0.112. The van der Waals surface area contributed by atoms with Crippen LogP contribution in [-0.4, -0.2) is 27.7 Å². The molecule has 3 aromatic rings. The van der Waals surface area contributed by atoms with Crippen LogP contribution in [0.25, 0.3) is 11.5 Å². The molecule has 6 heteroatoms. The van der Waals surface area contributed by atoms with Gasteiger partial charge in [-0.15, -0.1) is 0 Å². The maximum Gasteiger partial charge on any atom is 0.258 e. The number of carbonyl (C=O) groups excluding carboxylic acids is 1. The molecule has 0 saturated carbocycles. The van der Waals surface area contributed by atoms with E-state index in [2.05, 4.69) is 15.5 Å². The smallest absolute Gasteiger partial charge is 0.258 e. The van der Waals surface area contributed by atoms with E-state index in [9.17, 15) is 9.90 Å². The Morgan fingerprint density at radius 3 is 2.60 bits per heavy atom. The van der Waals surface area contributed by atoms with Crippen molar-refractivity contribution in [3.05, 3.63) is 71.0 Å². The Kier molecular flexibility index (Phi) is 4.90. The molecular formula is C19H19N3O3. The van der Waals surface area contributed by atoms with Crippen molar-refractivity contribution in [2.45, 2.75) is 20.0 Å². The van der Waals surface area contributed by atoms with Crippen LogP contribution >= 0.6 is 0 Å². The summed E-state index contributed by atoms with van der Waals surface area (Å²) in [5.74, 6) is 0.488. The number of aromatic nitrogens is 2. The normalized spacial score (nSPS) is 12.0. The summed E-state index contributed by atoms with van der Waals surface area (Å²) in [5.41, 5.74) is 2.75. The topological polar surface area (TPSA) is 88.2 Å². The van der Waals surface area contributed by atoms with Crippen LogP contribution in [0.15, 0.2) is 53.1 Å². The molecule has 0 fully saturated rings. The Morgan fingerprint density at radius 2 is 1.88 bits per heavy atom. The first-order valence-electron chi connectivity index (χ1n) is 7.98. The van der Waals surface area contributed by atoms with Crippen molar-refractivity contribution in [3.8, 4) is 11.5 Å². The van der Waals surface area contributed by atoms with Gasteiger partial charge in [-0.1, -0.05) is 41.6 Å². The largest absolute Gasteiger partial charge is 0.387 e. The number of aryl methyl sites for hydroxylation is 2. The van der Waals surface area contributed by atoms with E-state index in [-0.39, 0.29) is 12.5 Å². The molecule has 0 aliphatic heterocycles. The zero-order chi connectivity index (χ0) is 17.8. The van der Waals surface area contributed by atoms with Gasteiger partial charge in [-0.3, -0.25) is 4.79 Å². The fraction of sp³-hybridized carbons (Fsp3) is 0.211. The predicted molar refractivity (Wildman–Crippen MR) is 92.9 cm³/mol. The Morgan fingerprint density at radius 1 is 1.16 bits per heavy atom. The Balaban J connectivity index is 1.75. The van der Waals surface area contributed by atoms with Crippen LogP contribution in [0.4, 0.5) is 0 Å². The number of hydrogen-bond donors (Lipinski definition) is 2. The van der Waals surface area contributed by atoms with Gasteiger partial charge in [0, 0.05) is 6.54 Å². The van der Waals surface area contributed by atoms with Crippen LogP contribution in [0.1, 0.15) is 33.4 Å². The van der Waals surface area contributed by atoms with Crippen molar-refractivity contribution >= 4 is 5.91 Å². The molecule has 1 aromatic heterocycles. The van der Waals surface area contributed by atoms with Crippen molar-refractivity contribution in [2.75, 3.05) is 6.54 Å². The minimum Gasteiger partial charge on any atom is -0.387 e. The summed E-state index contributed by atoms with van der Waals surface area (Å²) < 4.78 is 5.16. The summed E-state index contributed by atoms with van der Waals surface area (Å²) in [6.07, 6.45) is -0.775. The summed E-state index contributed by atoms with van der Waals surface area (Å²) in [6.45, 7) is 3.75. The van der Waals surface area contributed by atoms with Gasteiger partial charge in [0.25, 0.3) is 11.8 Å².